The van der Waals surface area contributed by atoms with Crippen molar-refractivity contribution >= 4 is 17.6 Å². The summed E-state index contributed by atoms with van der Waals surface area (Å²) in [6.07, 6.45) is 3.20. The fraction of sp³-hybridized carbons (Fsp3) is 0.538. The number of carbonyl (C=O) groups excluding carboxylic acids is 1. The van der Waals surface area contributed by atoms with E-state index in [0.29, 0.717) is 25.9 Å². The summed E-state index contributed by atoms with van der Waals surface area (Å²) >= 11 is 0. The molecule has 0 aliphatic rings. The number of unbranched alkanes of at least 4 members (excludes halogenated alkanes) is 1. The van der Waals surface area contributed by atoms with Gasteiger partial charge in [-0.3, -0.25) is 19.7 Å². The molecule has 0 radical (unpaired) electrons. The van der Waals surface area contributed by atoms with E-state index in [1.165, 1.54) is 12.3 Å². The standard InChI is InChI=1S/C13H19N3O5/c1-2-7-15-9-10(16(20)21)8-11(15)13(19)14-6-4-3-5-12(17)18/h8-9H,2-7H2,1H3,(H,14,19)(H,17,18). The third kappa shape index (κ3) is 5.25. The first-order valence-corrected chi connectivity index (χ1v) is 6.80. The van der Waals surface area contributed by atoms with E-state index >= 15 is 0 Å². The van der Waals surface area contributed by atoms with Crippen LogP contribution in [0.5, 0.6) is 0 Å². The lowest BCUT2D eigenvalue weighted by molar-refractivity contribution is -0.384. The summed E-state index contributed by atoms with van der Waals surface area (Å²) in [6, 6.07) is 1.25. The van der Waals surface area contributed by atoms with Crippen molar-refractivity contribution in [1.82, 2.24) is 9.88 Å². The lowest BCUT2D eigenvalue weighted by atomic mass is 10.2. The number of hydrogen-bond acceptors (Lipinski definition) is 4. The molecular formula is C13H19N3O5. The fourth-order valence-corrected chi connectivity index (χ4v) is 1.90. The number of hydrogen-bond donors (Lipinski definition) is 2. The Morgan fingerprint density at radius 3 is 2.71 bits per heavy atom. The molecule has 0 aliphatic carbocycles. The van der Waals surface area contributed by atoms with Crippen LogP contribution in [0, 0.1) is 10.1 Å². The Hall–Kier alpha value is -2.38. The van der Waals surface area contributed by atoms with Crippen LogP contribution in [0.15, 0.2) is 12.3 Å². The van der Waals surface area contributed by atoms with E-state index < -0.39 is 10.9 Å². The molecule has 0 atom stereocenters. The predicted molar refractivity (Wildman–Crippen MR) is 75.2 cm³/mol. The lowest BCUT2D eigenvalue weighted by Crippen LogP contribution is -2.26. The second kappa shape index (κ2) is 8.03. The first-order valence-electron chi connectivity index (χ1n) is 6.80. The Balaban J connectivity index is 2.59. The van der Waals surface area contributed by atoms with Crippen molar-refractivity contribution < 1.29 is 19.6 Å². The largest absolute Gasteiger partial charge is 0.481 e. The Morgan fingerprint density at radius 1 is 1.43 bits per heavy atom. The van der Waals surface area contributed by atoms with E-state index in [1.807, 2.05) is 6.92 Å². The number of rotatable bonds is 9. The minimum Gasteiger partial charge on any atom is -0.481 e. The van der Waals surface area contributed by atoms with Crippen molar-refractivity contribution in [3.8, 4) is 0 Å². The summed E-state index contributed by atoms with van der Waals surface area (Å²) in [5.41, 5.74) is 0.140. The van der Waals surface area contributed by atoms with Crippen LogP contribution in [0.1, 0.15) is 43.1 Å². The second-order valence-corrected chi connectivity index (χ2v) is 4.64. The van der Waals surface area contributed by atoms with E-state index in [-0.39, 0.29) is 23.7 Å². The van der Waals surface area contributed by atoms with E-state index in [1.54, 1.807) is 4.57 Å². The number of carboxylic acids is 1. The van der Waals surface area contributed by atoms with Crippen LogP contribution >= 0.6 is 0 Å². The average molecular weight is 297 g/mol. The predicted octanol–water partition coefficient (Wildman–Crippen LogP) is 1.79. The van der Waals surface area contributed by atoms with Crippen LogP contribution in [-0.2, 0) is 11.3 Å². The van der Waals surface area contributed by atoms with Crippen molar-refractivity contribution in [2.75, 3.05) is 6.54 Å². The molecule has 0 fully saturated rings. The van der Waals surface area contributed by atoms with Crippen LogP contribution in [0.3, 0.4) is 0 Å². The van der Waals surface area contributed by atoms with Gasteiger partial charge in [-0.05, 0) is 19.3 Å². The smallest absolute Gasteiger partial charge is 0.303 e. The van der Waals surface area contributed by atoms with Gasteiger partial charge >= 0.3 is 5.97 Å². The van der Waals surface area contributed by atoms with Gasteiger partial charge in [0.25, 0.3) is 11.6 Å². The van der Waals surface area contributed by atoms with Crippen LogP contribution < -0.4 is 5.32 Å². The molecule has 2 N–H and O–H groups in total. The van der Waals surface area contributed by atoms with Crippen molar-refractivity contribution in [3.63, 3.8) is 0 Å². The van der Waals surface area contributed by atoms with Gasteiger partial charge in [-0.2, -0.15) is 0 Å². The molecule has 21 heavy (non-hydrogen) atoms. The van der Waals surface area contributed by atoms with Crippen molar-refractivity contribution in [2.24, 2.45) is 0 Å². The molecule has 0 unspecified atom stereocenters. The summed E-state index contributed by atoms with van der Waals surface area (Å²) in [5.74, 6) is -1.25. The number of nitrogens with one attached hydrogen (secondary N) is 1. The lowest BCUT2D eigenvalue weighted by Gasteiger charge is -2.07. The molecule has 8 heteroatoms. The highest BCUT2D eigenvalue weighted by atomic mass is 16.6. The van der Waals surface area contributed by atoms with Gasteiger partial charge in [0.1, 0.15) is 5.69 Å². The second-order valence-electron chi connectivity index (χ2n) is 4.64. The molecular weight excluding hydrogens is 278 g/mol. The number of aryl methyl sites for hydroxylation is 1. The van der Waals surface area contributed by atoms with Gasteiger partial charge in [0.05, 0.1) is 11.1 Å². The topological polar surface area (TPSA) is 114 Å². The SMILES string of the molecule is CCCn1cc([N+](=O)[O-])cc1C(=O)NCCCCC(=O)O. The van der Waals surface area contributed by atoms with Gasteiger partial charge in [-0.15, -0.1) is 0 Å². The first kappa shape index (κ1) is 16.7. The molecule has 1 heterocycles. The maximum atomic E-state index is 12.0. The molecule has 0 spiro atoms. The number of carbonyl (C=O) groups is 2. The zero-order valence-electron chi connectivity index (χ0n) is 11.9. The number of amides is 1. The van der Waals surface area contributed by atoms with Gasteiger partial charge in [0.2, 0.25) is 0 Å². The number of nitrogens with zero attached hydrogens (tertiary/aromatic N) is 2. The third-order valence-corrected chi connectivity index (χ3v) is 2.89. The third-order valence-electron chi connectivity index (χ3n) is 2.89. The molecule has 1 aromatic rings. The summed E-state index contributed by atoms with van der Waals surface area (Å²) < 4.78 is 1.56. The van der Waals surface area contributed by atoms with Crippen molar-refractivity contribution in [1.29, 1.82) is 0 Å². The van der Waals surface area contributed by atoms with Crippen LogP contribution in [0.25, 0.3) is 0 Å². The van der Waals surface area contributed by atoms with E-state index in [9.17, 15) is 19.7 Å². The molecule has 1 amide bonds. The van der Waals surface area contributed by atoms with E-state index in [0.717, 1.165) is 6.42 Å². The van der Waals surface area contributed by atoms with Gasteiger partial charge in [-0.25, -0.2) is 0 Å². The molecule has 1 rings (SSSR count). The highest BCUT2D eigenvalue weighted by molar-refractivity contribution is 5.93. The zero-order valence-corrected chi connectivity index (χ0v) is 11.9. The summed E-state index contributed by atoms with van der Waals surface area (Å²) in [4.78, 5) is 32.6. The van der Waals surface area contributed by atoms with Crippen molar-refractivity contribution in [2.45, 2.75) is 39.2 Å². The first-order chi connectivity index (χ1) is 9.95. The Morgan fingerprint density at radius 2 is 2.14 bits per heavy atom. The highest BCUT2D eigenvalue weighted by Gasteiger charge is 2.18. The average Bonchev–Trinajstić information content (AvgIpc) is 2.82. The summed E-state index contributed by atoms with van der Waals surface area (Å²) in [5, 5.41) is 21.9. The minimum absolute atomic E-state index is 0.0630. The molecule has 116 valence electrons. The van der Waals surface area contributed by atoms with Gasteiger partial charge < -0.3 is 15.0 Å². The quantitative estimate of drug-likeness (QED) is 0.409. The normalized spacial score (nSPS) is 10.3. The highest BCUT2D eigenvalue weighted by Crippen LogP contribution is 2.17. The van der Waals surface area contributed by atoms with E-state index in [2.05, 4.69) is 5.32 Å². The molecule has 8 nitrogen and oxygen atoms in total. The van der Waals surface area contributed by atoms with Gasteiger partial charge in [0, 0.05) is 25.6 Å². The van der Waals surface area contributed by atoms with Gasteiger partial charge in [-0.1, -0.05) is 6.92 Å². The van der Waals surface area contributed by atoms with Crippen LogP contribution in [0.2, 0.25) is 0 Å². The van der Waals surface area contributed by atoms with Crippen LogP contribution in [0.4, 0.5) is 5.69 Å². The Kier molecular flexibility index (Phi) is 6.38. The summed E-state index contributed by atoms with van der Waals surface area (Å²) in [6.45, 7) is 2.78. The molecule has 0 bridgehead atoms. The maximum Gasteiger partial charge on any atom is 0.303 e. The molecule has 0 aliphatic heterocycles. The molecule has 0 saturated heterocycles. The van der Waals surface area contributed by atoms with Gasteiger partial charge in [0.15, 0.2) is 0 Å². The number of carboxylic acid groups (broad SMARTS) is 1. The number of aromatic nitrogens is 1. The Bertz CT molecular complexity index is 524. The van der Waals surface area contributed by atoms with Crippen molar-refractivity contribution in [3.05, 3.63) is 28.1 Å². The fourth-order valence-electron chi connectivity index (χ4n) is 1.90. The minimum atomic E-state index is -0.867. The zero-order chi connectivity index (χ0) is 15.8. The maximum absolute atomic E-state index is 12.0. The monoisotopic (exact) mass is 297 g/mol. The Labute approximate surface area is 121 Å². The van der Waals surface area contributed by atoms with E-state index in [4.69, 9.17) is 5.11 Å². The summed E-state index contributed by atoms with van der Waals surface area (Å²) in [7, 11) is 0. The molecule has 0 aromatic carbocycles. The number of aliphatic carboxylic acids is 1. The number of nitro groups is 1. The van der Waals surface area contributed by atoms with Crippen LogP contribution in [-0.4, -0.2) is 33.0 Å². The molecule has 1 aromatic heterocycles. The molecule has 0 saturated carbocycles.